The third-order valence-corrected chi connectivity index (χ3v) is 22.0. The summed E-state index contributed by atoms with van der Waals surface area (Å²) in [4.78, 5) is 0. The first-order valence-electron chi connectivity index (χ1n) is 28.1. The average Bonchev–Trinajstić information content (AvgIpc) is 3.43. The summed E-state index contributed by atoms with van der Waals surface area (Å²) < 4.78 is 0. The molecular weight excluding hydrogens is 1160 g/mol. The summed E-state index contributed by atoms with van der Waals surface area (Å²) in [6, 6.07) is 116. The Bertz CT molecular complexity index is 3390. The predicted molar refractivity (Wildman–Crippen MR) is 359 cm³/mol. The van der Waals surface area contributed by atoms with Gasteiger partial charge in [-0.2, -0.15) is 0 Å². The molecule has 82 heavy (non-hydrogen) atoms. The Morgan fingerprint density at radius 3 is 0.866 bits per heavy atom. The Hall–Kier alpha value is -6.68. The maximum atomic E-state index is 6.46. The SMILES string of the molecule is CCCCC.C[C@@H](N)[C@@H](c1ccccc1)P(c1ccccc1)c1ccccc1.[Cl-].[H-].[Ru+2].c1ccc(P(c2ccccc2)c2ccc3ccccc3c2-c2c(P(c3ccccc3)c3ccccc3)ccc3ccccc23)cc1.c1ccccc1. The summed E-state index contributed by atoms with van der Waals surface area (Å²) >= 11 is 0. The zero-order valence-electron chi connectivity index (χ0n) is 48.0. The largest absolute Gasteiger partial charge is 2.00 e. The molecule has 0 aromatic heterocycles. The van der Waals surface area contributed by atoms with Gasteiger partial charge in [0.15, 0.2) is 0 Å². The topological polar surface area (TPSA) is 26.0 Å². The molecule has 0 unspecified atom stereocenters. The Balaban J connectivity index is 0.000000249. The van der Waals surface area contributed by atoms with Crippen LogP contribution in [0, 0.1) is 0 Å². The van der Waals surface area contributed by atoms with Gasteiger partial charge < -0.3 is 19.6 Å². The smallest absolute Gasteiger partial charge is 1.00 e. The molecule has 0 bridgehead atoms. The van der Waals surface area contributed by atoms with Crippen LogP contribution in [0.25, 0.3) is 32.7 Å². The van der Waals surface area contributed by atoms with Crippen molar-refractivity contribution in [3.63, 3.8) is 0 Å². The second kappa shape index (κ2) is 33.4. The van der Waals surface area contributed by atoms with Gasteiger partial charge in [-0.25, -0.2) is 0 Å². The average molecular weight is 1230 g/mol. The standard InChI is InChI=1S/C44H32P2.C21H22NP.C6H6.C5H12.ClH.Ru.H/c1-5-19-35(20-6-1)45(36-21-7-2-8-22-36)41-31-29-33-17-13-15-27-39(33)43(41)44-40-28-16-14-18-34(40)30-32-42(44)46(37-23-9-3-10-24-37)38-25-11-4-12-26-38;1-17(22)21(18-11-5-2-6-12-18)23(19-13-7-3-8-14-19)20-15-9-4-10-16-20;1-2-4-6-5-3-1;1-3-5-4-2;;;/h1-32H;2-17,21H,22H2,1H3;1-6H;3-5H2,1-2H3;1H;;/q;;;;;+2;-1/p-1/t;17-,21+;;;;;/m.1...../s1. The van der Waals surface area contributed by atoms with Gasteiger partial charge in [0.25, 0.3) is 0 Å². The van der Waals surface area contributed by atoms with Crippen molar-refractivity contribution < 1.29 is 33.3 Å². The van der Waals surface area contributed by atoms with E-state index >= 15 is 0 Å². The number of unbranched alkanes of at least 4 members (excludes halogenated alkanes) is 2. The molecule has 12 aromatic rings. The van der Waals surface area contributed by atoms with Crippen molar-refractivity contribution >= 4 is 87.7 Å². The Morgan fingerprint density at radius 2 is 0.585 bits per heavy atom. The van der Waals surface area contributed by atoms with Crippen LogP contribution in [0.5, 0.6) is 0 Å². The fourth-order valence-electron chi connectivity index (χ4n) is 10.3. The van der Waals surface area contributed by atoms with Crippen molar-refractivity contribution in [3.05, 3.63) is 327 Å². The van der Waals surface area contributed by atoms with Crippen molar-refractivity contribution in [2.24, 2.45) is 5.73 Å². The number of fused-ring (bicyclic) bond motifs is 2. The first kappa shape index (κ1) is 62.9. The first-order valence-corrected chi connectivity index (χ1v) is 32.2. The van der Waals surface area contributed by atoms with E-state index in [1.165, 1.54) is 99.9 Å². The molecule has 6 heteroatoms. The van der Waals surface area contributed by atoms with E-state index < -0.39 is 23.8 Å². The fourth-order valence-corrected chi connectivity index (χ4v) is 18.1. The van der Waals surface area contributed by atoms with Crippen molar-refractivity contribution in [2.75, 3.05) is 0 Å². The maximum absolute atomic E-state index is 6.46. The van der Waals surface area contributed by atoms with Gasteiger partial charge >= 0.3 is 19.5 Å². The molecule has 0 radical (unpaired) electrons. The molecule has 1 nitrogen and oxygen atoms in total. The minimum atomic E-state index is -0.852. The molecule has 12 rings (SSSR count). The third-order valence-electron chi connectivity index (χ3n) is 14.0. The molecule has 0 saturated carbocycles. The van der Waals surface area contributed by atoms with Crippen molar-refractivity contribution in [1.82, 2.24) is 0 Å². The molecule has 412 valence electrons. The van der Waals surface area contributed by atoms with Crippen molar-refractivity contribution in [1.29, 1.82) is 0 Å². The number of nitrogens with two attached hydrogens (primary N) is 1. The molecule has 0 saturated heterocycles. The van der Waals surface area contributed by atoms with Crippen LogP contribution in [0.15, 0.2) is 322 Å². The quantitative estimate of drug-likeness (QED) is 0.0852. The number of halogens is 1. The molecule has 0 heterocycles. The van der Waals surface area contributed by atoms with E-state index in [9.17, 15) is 0 Å². The fraction of sp³-hybridized carbons (Fsp3) is 0.105. The second-order valence-corrected chi connectivity index (χ2v) is 26.3. The van der Waals surface area contributed by atoms with Crippen LogP contribution in [-0.2, 0) is 19.5 Å². The van der Waals surface area contributed by atoms with Crippen molar-refractivity contribution in [3.8, 4) is 11.1 Å². The van der Waals surface area contributed by atoms with Crippen LogP contribution in [-0.4, -0.2) is 6.04 Å². The third kappa shape index (κ3) is 16.3. The molecule has 12 aromatic carbocycles. The van der Waals surface area contributed by atoms with Gasteiger partial charge in [0.2, 0.25) is 0 Å². The predicted octanol–water partition coefficient (Wildman–Crippen LogP) is 14.4. The van der Waals surface area contributed by atoms with Gasteiger partial charge in [0, 0.05) is 11.7 Å². The van der Waals surface area contributed by atoms with E-state index in [1.807, 2.05) is 36.4 Å². The van der Waals surface area contributed by atoms with E-state index in [0.717, 1.165) is 0 Å². The normalized spacial score (nSPS) is 11.4. The molecule has 0 aliphatic carbocycles. The van der Waals surface area contributed by atoms with Crippen LogP contribution in [0.3, 0.4) is 0 Å². The van der Waals surface area contributed by atoms with Gasteiger partial charge in [0.1, 0.15) is 0 Å². The van der Waals surface area contributed by atoms with Gasteiger partial charge in [-0.1, -0.05) is 355 Å². The molecule has 2 N–H and O–H groups in total. The van der Waals surface area contributed by atoms with Gasteiger partial charge in [-0.15, -0.1) is 0 Å². The zero-order chi connectivity index (χ0) is 55.1. The number of rotatable bonds is 14. The van der Waals surface area contributed by atoms with Gasteiger partial charge in [-0.3, -0.25) is 0 Å². The minimum Gasteiger partial charge on any atom is -1.00 e. The molecule has 0 amide bonds. The Labute approximate surface area is 513 Å². The van der Waals surface area contributed by atoms with Gasteiger partial charge in [-0.05, 0) is 111 Å². The summed E-state index contributed by atoms with van der Waals surface area (Å²) in [6.07, 6.45) is 4.08. The van der Waals surface area contributed by atoms with Crippen LogP contribution >= 0.6 is 23.8 Å². The molecule has 0 aliphatic rings. The maximum Gasteiger partial charge on any atom is 2.00 e. The van der Waals surface area contributed by atoms with E-state index in [1.54, 1.807) is 0 Å². The first-order chi connectivity index (χ1) is 39.6. The molecule has 0 fully saturated rings. The molecule has 0 spiro atoms. The van der Waals surface area contributed by atoms with Crippen LogP contribution < -0.4 is 60.6 Å². The number of hydrogen-bond acceptors (Lipinski definition) is 1. The Morgan fingerprint density at radius 1 is 0.329 bits per heavy atom. The monoisotopic (exact) mass is 1230 g/mol. The molecule has 2 atom stereocenters. The summed E-state index contributed by atoms with van der Waals surface area (Å²) in [6.45, 7) is 6.55. The number of benzene rings is 12. The zero-order valence-corrected chi connectivity index (χ0v) is 52.2. The van der Waals surface area contributed by atoms with Crippen LogP contribution in [0.2, 0.25) is 0 Å². The van der Waals surface area contributed by atoms with E-state index in [2.05, 4.69) is 306 Å². The number of hydrogen-bond donors (Lipinski definition) is 1. The summed E-state index contributed by atoms with van der Waals surface area (Å²) in [5.41, 5.74) is 10.8. The van der Waals surface area contributed by atoms with Gasteiger partial charge in [0.05, 0.1) is 0 Å². The minimum absolute atomic E-state index is 0. The van der Waals surface area contributed by atoms with E-state index in [-0.39, 0.29) is 39.4 Å². The van der Waals surface area contributed by atoms with Crippen LogP contribution in [0.4, 0.5) is 0 Å². The summed E-state index contributed by atoms with van der Waals surface area (Å²) in [5.74, 6) is 0. The summed E-state index contributed by atoms with van der Waals surface area (Å²) in [5, 5.41) is 16.1. The Kier molecular flexibility index (Phi) is 25.7. The van der Waals surface area contributed by atoms with E-state index in [4.69, 9.17) is 5.73 Å². The summed E-state index contributed by atoms with van der Waals surface area (Å²) in [7, 11) is -2.26. The van der Waals surface area contributed by atoms with E-state index in [0.29, 0.717) is 5.66 Å². The second-order valence-electron chi connectivity index (χ2n) is 19.6. The molecular formula is C76H73ClNP3Ru. The van der Waals surface area contributed by atoms with Crippen molar-refractivity contribution in [2.45, 2.75) is 51.7 Å². The molecule has 0 aliphatic heterocycles. The van der Waals surface area contributed by atoms with Crippen LogP contribution in [0.1, 0.15) is 52.7 Å².